The van der Waals surface area contributed by atoms with Gasteiger partial charge in [0, 0.05) is 44.8 Å². The van der Waals surface area contributed by atoms with Crippen LogP contribution in [-0.4, -0.2) is 47.5 Å². The van der Waals surface area contributed by atoms with Crippen LogP contribution in [0.15, 0.2) is 47.6 Å². The Labute approximate surface area is 177 Å². The first-order valence-electron chi connectivity index (χ1n) is 10.6. The van der Waals surface area contributed by atoms with Crippen molar-refractivity contribution < 1.29 is 14.3 Å². The van der Waals surface area contributed by atoms with Gasteiger partial charge in [-0.3, -0.25) is 4.79 Å². The molecular formula is C24H27N3O3. The number of hydrogen-bond acceptors (Lipinski definition) is 5. The Balaban J connectivity index is 1.53. The molecule has 0 saturated carbocycles. The molecule has 3 aliphatic rings. The van der Waals surface area contributed by atoms with Gasteiger partial charge in [-0.2, -0.15) is 5.10 Å². The molecule has 6 heteroatoms. The van der Waals surface area contributed by atoms with Gasteiger partial charge in [0.25, 0.3) is 0 Å². The molecule has 2 aromatic rings. The van der Waals surface area contributed by atoms with E-state index in [1.165, 1.54) is 11.1 Å². The molecule has 30 heavy (non-hydrogen) atoms. The Morgan fingerprint density at radius 2 is 1.90 bits per heavy atom. The Kier molecular flexibility index (Phi) is 4.45. The van der Waals surface area contributed by atoms with Gasteiger partial charge in [0.1, 0.15) is 11.5 Å². The molecule has 1 amide bonds. The number of amides is 1. The molecule has 3 heterocycles. The van der Waals surface area contributed by atoms with Crippen molar-refractivity contribution in [1.29, 1.82) is 0 Å². The lowest BCUT2D eigenvalue weighted by Crippen LogP contribution is -2.59. The average Bonchev–Trinajstić information content (AvgIpc) is 3.22. The van der Waals surface area contributed by atoms with Crippen LogP contribution in [0.5, 0.6) is 11.5 Å². The van der Waals surface area contributed by atoms with Crippen LogP contribution in [-0.2, 0) is 4.79 Å². The van der Waals surface area contributed by atoms with E-state index >= 15 is 0 Å². The van der Waals surface area contributed by atoms with Gasteiger partial charge < -0.3 is 14.4 Å². The van der Waals surface area contributed by atoms with Crippen LogP contribution < -0.4 is 9.47 Å². The lowest BCUT2D eigenvalue weighted by molar-refractivity contribution is -0.158. The average molecular weight is 405 g/mol. The molecular weight excluding hydrogens is 378 g/mol. The van der Waals surface area contributed by atoms with Crippen molar-refractivity contribution in [3.05, 3.63) is 59.2 Å². The highest BCUT2D eigenvalue weighted by atomic mass is 16.5. The zero-order valence-electron chi connectivity index (χ0n) is 17.7. The van der Waals surface area contributed by atoms with E-state index in [1.807, 2.05) is 17.0 Å². The Morgan fingerprint density at radius 3 is 2.57 bits per heavy atom. The van der Waals surface area contributed by atoms with Gasteiger partial charge >= 0.3 is 0 Å². The fraction of sp³-hybridized carbons (Fsp3) is 0.417. The molecule has 2 aromatic carbocycles. The van der Waals surface area contributed by atoms with Crippen LogP contribution >= 0.6 is 0 Å². The van der Waals surface area contributed by atoms with Crippen molar-refractivity contribution in [2.24, 2.45) is 5.10 Å². The minimum Gasteiger partial charge on any atom is -0.497 e. The van der Waals surface area contributed by atoms with Crippen LogP contribution in [0.1, 0.15) is 48.9 Å². The number of benzene rings is 2. The predicted octanol–water partition coefficient (Wildman–Crippen LogP) is 3.89. The molecule has 5 rings (SSSR count). The van der Waals surface area contributed by atoms with E-state index in [-0.39, 0.29) is 11.9 Å². The first kappa shape index (κ1) is 19.0. The zero-order valence-corrected chi connectivity index (χ0v) is 17.7. The summed E-state index contributed by atoms with van der Waals surface area (Å²) < 4.78 is 11.9. The van der Waals surface area contributed by atoms with Crippen LogP contribution in [0.4, 0.5) is 0 Å². The molecule has 1 fully saturated rings. The normalized spacial score (nSPS) is 21.6. The third-order valence-electron chi connectivity index (χ3n) is 6.57. The number of nitrogens with zero attached hydrogens (tertiary/aromatic N) is 3. The second kappa shape index (κ2) is 7.04. The maximum atomic E-state index is 11.9. The number of rotatable bonds is 2. The van der Waals surface area contributed by atoms with Gasteiger partial charge in [0.05, 0.1) is 18.9 Å². The van der Waals surface area contributed by atoms with E-state index in [9.17, 15) is 4.79 Å². The summed E-state index contributed by atoms with van der Waals surface area (Å²) in [6, 6.07) is 14.7. The number of carbonyl (C=O) groups excluding carboxylic acids is 1. The van der Waals surface area contributed by atoms with Crippen LogP contribution in [0.3, 0.4) is 0 Å². The lowest BCUT2D eigenvalue weighted by atomic mass is 9.90. The quantitative estimate of drug-likeness (QED) is 0.761. The zero-order chi connectivity index (χ0) is 20.9. The SMILES string of the molecule is COc1ccc(C2=NN3[C@H](C2)c2cc(C)ccc2OC32CCN(C(C)=O)CC2)cc1. The third kappa shape index (κ3) is 3.02. The third-order valence-corrected chi connectivity index (χ3v) is 6.57. The Hall–Kier alpha value is -3.02. The van der Waals surface area contributed by atoms with Gasteiger partial charge in [-0.1, -0.05) is 17.7 Å². The van der Waals surface area contributed by atoms with Gasteiger partial charge in [0.2, 0.25) is 11.6 Å². The number of aryl methyl sites for hydroxylation is 1. The monoisotopic (exact) mass is 405 g/mol. The van der Waals surface area contributed by atoms with Gasteiger partial charge in [-0.05, 0) is 42.8 Å². The standard InChI is InChI=1S/C24H27N3O3/c1-16-4-9-23-20(14-16)22-15-21(18-5-7-19(29-3)8-6-18)25-27(22)24(30-23)10-12-26(13-11-24)17(2)28/h4-9,14,22H,10-13,15H2,1-3H3/t22-/m1/s1. The van der Waals surface area contributed by atoms with E-state index in [0.717, 1.165) is 42.0 Å². The summed E-state index contributed by atoms with van der Waals surface area (Å²) in [6.07, 6.45) is 2.33. The smallest absolute Gasteiger partial charge is 0.219 e. The summed E-state index contributed by atoms with van der Waals surface area (Å²) >= 11 is 0. The highest BCUT2D eigenvalue weighted by molar-refractivity contribution is 6.02. The first-order chi connectivity index (χ1) is 14.5. The van der Waals surface area contributed by atoms with Crippen molar-refractivity contribution in [2.75, 3.05) is 20.2 Å². The molecule has 156 valence electrons. The minimum absolute atomic E-state index is 0.122. The Bertz CT molecular complexity index is 1010. The molecule has 0 aromatic heterocycles. The van der Waals surface area contributed by atoms with E-state index in [4.69, 9.17) is 14.6 Å². The molecule has 1 atom stereocenters. The fourth-order valence-electron chi connectivity index (χ4n) is 4.86. The van der Waals surface area contributed by atoms with Crippen molar-refractivity contribution >= 4 is 11.6 Å². The van der Waals surface area contributed by atoms with Gasteiger partial charge in [-0.25, -0.2) is 5.01 Å². The number of piperidine rings is 1. The summed E-state index contributed by atoms with van der Waals surface area (Å²) in [5.41, 5.74) is 4.08. The predicted molar refractivity (Wildman–Crippen MR) is 115 cm³/mol. The number of ether oxygens (including phenoxy) is 2. The number of carbonyl (C=O) groups is 1. The summed E-state index contributed by atoms with van der Waals surface area (Å²) in [5, 5.41) is 7.28. The number of hydrazone groups is 1. The molecule has 0 aliphatic carbocycles. The first-order valence-corrected chi connectivity index (χ1v) is 10.6. The number of likely N-dealkylation sites (tertiary alicyclic amines) is 1. The number of fused-ring (bicyclic) bond motifs is 4. The summed E-state index contributed by atoms with van der Waals surface area (Å²) in [6.45, 7) is 5.12. The molecule has 0 radical (unpaired) electrons. The van der Waals surface area contributed by atoms with Crippen LogP contribution in [0, 0.1) is 6.92 Å². The maximum Gasteiger partial charge on any atom is 0.219 e. The molecule has 1 saturated heterocycles. The topological polar surface area (TPSA) is 54.4 Å². The number of hydrogen-bond donors (Lipinski definition) is 0. The largest absolute Gasteiger partial charge is 0.497 e. The van der Waals surface area contributed by atoms with E-state index in [2.05, 4.69) is 42.3 Å². The van der Waals surface area contributed by atoms with Gasteiger partial charge in [0.15, 0.2) is 0 Å². The molecule has 0 bridgehead atoms. The van der Waals surface area contributed by atoms with Crippen LogP contribution in [0.2, 0.25) is 0 Å². The van der Waals surface area contributed by atoms with E-state index < -0.39 is 5.72 Å². The van der Waals surface area contributed by atoms with Crippen molar-refractivity contribution in [2.45, 2.75) is 44.9 Å². The highest BCUT2D eigenvalue weighted by Gasteiger charge is 2.52. The second-order valence-corrected chi connectivity index (χ2v) is 8.44. The van der Waals surface area contributed by atoms with E-state index in [1.54, 1.807) is 14.0 Å². The molecule has 3 aliphatic heterocycles. The molecule has 6 nitrogen and oxygen atoms in total. The fourth-order valence-corrected chi connectivity index (χ4v) is 4.86. The molecule has 0 N–H and O–H groups in total. The van der Waals surface area contributed by atoms with Gasteiger partial charge in [-0.15, -0.1) is 0 Å². The second-order valence-electron chi connectivity index (χ2n) is 8.44. The lowest BCUT2D eigenvalue weighted by Gasteiger charge is -2.51. The van der Waals surface area contributed by atoms with Crippen molar-refractivity contribution in [3.8, 4) is 11.5 Å². The van der Waals surface area contributed by atoms with E-state index in [0.29, 0.717) is 13.1 Å². The summed E-state index contributed by atoms with van der Waals surface area (Å²) in [4.78, 5) is 13.8. The highest BCUT2D eigenvalue weighted by Crippen LogP contribution is 2.50. The minimum atomic E-state index is -0.507. The molecule has 1 spiro atoms. The number of methoxy groups -OCH3 is 1. The van der Waals surface area contributed by atoms with Crippen LogP contribution in [0.25, 0.3) is 0 Å². The van der Waals surface area contributed by atoms with Crippen molar-refractivity contribution in [3.63, 3.8) is 0 Å². The Morgan fingerprint density at radius 1 is 1.17 bits per heavy atom. The maximum absolute atomic E-state index is 11.9. The summed E-state index contributed by atoms with van der Waals surface area (Å²) in [7, 11) is 1.68. The molecule has 0 unspecified atom stereocenters. The van der Waals surface area contributed by atoms with Crippen molar-refractivity contribution in [1.82, 2.24) is 9.91 Å². The summed E-state index contributed by atoms with van der Waals surface area (Å²) in [5.74, 6) is 1.91.